The zero-order valence-corrected chi connectivity index (χ0v) is 93.3. The average molecular weight is 1730 g/mol. The van der Waals surface area contributed by atoms with Crippen LogP contribution in [0.5, 0.6) is 0 Å². The first kappa shape index (κ1) is 176. The van der Waals surface area contributed by atoms with Crippen LogP contribution in [0.4, 0.5) is 0 Å². The maximum Gasteiger partial charge on any atom is 0.146 e. The summed E-state index contributed by atoms with van der Waals surface area (Å²) in [6.45, 7) is 113. The van der Waals surface area contributed by atoms with Crippen molar-refractivity contribution in [3.8, 4) is 0 Å². The maximum absolute atomic E-state index is 4.72. The van der Waals surface area contributed by atoms with Crippen molar-refractivity contribution >= 4 is 67.0 Å². The first-order chi connectivity index (χ1) is 59.9. The van der Waals surface area contributed by atoms with Crippen LogP contribution in [-0.2, 0) is 9.47 Å². The largest absolute Gasteiger partial charge is 0.353 e. The number of hydrogen-bond acceptors (Lipinski definition) is 12. The molecule has 1 saturated carbocycles. The van der Waals surface area contributed by atoms with E-state index in [1.54, 1.807) is 31.0 Å². The monoisotopic (exact) mass is 1730 g/mol. The Labute approximate surface area is 769 Å². The third-order valence-electron chi connectivity index (χ3n) is 9.64. The molecule has 12 heteroatoms. The number of hydrogen-bond donors (Lipinski definition) is 2. The van der Waals surface area contributed by atoms with Gasteiger partial charge in [-0.3, -0.25) is 9.97 Å². The number of benzene rings is 6. The maximum atomic E-state index is 4.72. The second-order valence-electron chi connectivity index (χ2n) is 14.6. The molecule has 4 fully saturated rings. The van der Waals surface area contributed by atoms with E-state index in [2.05, 4.69) is 89.5 Å². The summed E-state index contributed by atoms with van der Waals surface area (Å²) in [5.74, 6) is 2.76. The highest BCUT2D eigenvalue weighted by Crippen LogP contribution is 2.20. The van der Waals surface area contributed by atoms with Gasteiger partial charge >= 0.3 is 0 Å². The Balaban J connectivity index is -0.0000000395. The number of rotatable bonds is 0. The van der Waals surface area contributed by atoms with Gasteiger partial charge in [0.05, 0.1) is 48.4 Å². The Morgan fingerprint density at radius 1 is 0.233 bits per heavy atom. The molecular formula is C108H224N8O2S2. The number of aromatic nitrogens is 6. The third kappa shape index (κ3) is 163. The zero-order chi connectivity index (χ0) is 99.6. The first-order valence-electron chi connectivity index (χ1n) is 49.5. The molecule has 0 amide bonds. The van der Waals surface area contributed by atoms with E-state index in [-0.39, 0.29) is 0 Å². The topological polar surface area (TPSA) is 120 Å². The van der Waals surface area contributed by atoms with Crippen molar-refractivity contribution in [2.24, 2.45) is 0 Å². The summed E-state index contributed by atoms with van der Waals surface area (Å²) >= 11 is 4.07. The fraction of sp³-hybridized carbons (Fsp3) is 0.630. The van der Waals surface area contributed by atoms with E-state index in [1.165, 1.54) is 59.5 Å². The molecule has 2 N–H and O–H groups in total. The minimum absolute atomic E-state index is 0.500. The lowest BCUT2D eigenvalue weighted by Crippen LogP contribution is -2.11. The third-order valence-corrected chi connectivity index (χ3v) is 12.2. The van der Waals surface area contributed by atoms with Crippen LogP contribution in [0.15, 0.2) is 195 Å². The molecule has 13 rings (SSSR count). The van der Waals surface area contributed by atoms with Gasteiger partial charge in [-0.2, -0.15) is 43.9 Å². The molecule has 4 aliphatic rings. The fourth-order valence-corrected chi connectivity index (χ4v) is 8.57. The molecule has 6 aromatic carbocycles. The molecule has 0 unspecified atom stereocenters. The SMILES string of the molecule is C1CCCC1.C1CNCN1.C1COCO1.C1CSCS1.CC.CC.CC.CC.CC.CC.CC.CC.CC.CC.CC.CC.CC.CC.CC.CC.CC.CC.CC.CC.CC.CC.CC.CC.CC.CC.CC.c1ccc2ccccc2c1.c1ccc2cnncc2c1.c1ccc2nccnc2c1.c1ccc2nnccc2c1.c1ccccc1. The lowest BCUT2D eigenvalue weighted by molar-refractivity contribution is 0.0692. The van der Waals surface area contributed by atoms with Crippen molar-refractivity contribution in [2.75, 3.05) is 56.4 Å². The number of thioether (sulfide) groups is 2. The van der Waals surface area contributed by atoms with Crippen LogP contribution >= 0.6 is 23.5 Å². The van der Waals surface area contributed by atoms with Crippen LogP contribution in [0.3, 0.4) is 0 Å². The van der Waals surface area contributed by atoms with Gasteiger partial charge < -0.3 is 20.1 Å². The number of nitrogens with one attached hydrogen (secondary N) is 2. The minimum atomic E-state index is 0.500. The quantitative estimate of drug-likeness (QED) is 0.150. The zero-order valence-electron chi connectivity index (χ0n) is 91.7. The van der Waals surface area contributed by atoms with Crippen LogP contribution in [0.1, 0.15) is 406 Å². The molecule has 9 aromatic rings. The molecule has 720 valence electrons. The molecular weight excluding hydrogens is 1510 g/mol. The Hall–Kier alpha value is -5.86. The molecule has 1 aliphatic carbocycles. The molecule has 0 bridgehead atoms. The summed E-state index contributed by atoms with van der Waals surface area (Å²) in [7, 11) is 0. The Kier molecular flexibility index (Phi) is 360. The number of fused-ring (bicyclic) bond motifs is 4. The second kappa shape index (κ2) is 245. The van der Waals surface area contributed by atoms with Gasteiger partial charge in [0.1, 0.15) is 6.79 Å². The van der Waals surface area contributed by atoms with E-state index in [9.17, 15) is 0 Å². The molecule has 120 heavy (non-hydrogen) atoms. The summed E-state index contributed by atoms with van der Waals surface area (Å²) in [5.41, 5.74) is 2.85. The average Bonchev–Trinajstić information content (AvgIpc) is 1.12. The molecule has 0 radical (unpaired) electrons. The summed E-state index contributed by atoms with van der Waals surface area (Å²) in [5, 5.41) is 28.8. The Morgan fingerprint density at radius 3 is 0.658 bits per heavy atom. The van der Waals surface area contributed by atoms with E-state index in [4.69, 9.17) is 9.47 Å². The van der Waals surface area contributed by atoms with E-state index >= 15 is 0 Å². The van der Waals surface area contributed by atoms with Gasteiger partial charge in [-0.1, -0.05) is 546 Å². The lowest BCUT2D eigenvalue weighted by Gasteiger charge is -1.92. The van der Waals surface area contributed by atoms with Gasteiger partial charge in [0.15, 0.2) is 0 Å². The second-order valence-corrected chi connectivity index (χ2v) is 17.1. The molecule has 10 nitrogen and oxygen atoms in total. The molecule has 3 aromatic heterocycles. The van der Waals surface area contributed by atoms with Gasteiger partial charge in [-0.25, -0.2) is 0 Å². The first-order valence-corrected chi connectivity index (χ1v) is 51.8. The summed E-state index contributed by atoms with van der Waals surface area (Å²) in [6.07, 6.45) is 16.1. The number of nitrogens with zero attached hydrogens (tertiary/aromatic N) is 6. The van der Waals surface area contributed by atoms with Gasteiger partial charge in [0.2, 0.25) is 0 Å². The van der Waals surface area contributed by atoms with Crippen LogP contribution in [0.2, 0.25) is 0 Å². The highest BCUT2D eigenvalue weighted by Gasteiger charge is 1.97. The fourth-order valence-electron chi connectivity index (χ4n) is 6.21. The van der Waals surface area contributed by atoms with Crippen LogP contribution in [-0.4, -0.2) is 86.7 Å². The summed E-state index contributed by atoms with van der Waals surface area (Å²) in [4.78, 5) is 8.24. The van der Waals surface area contributed by atoms with E-state index in [1.807, 2.05) is 513 Å². The summed E-state index contributed by atoms with van der Waals surface area (Å²) < 4.78 is 9.44. The smallest absolute Gasteiger partial charge is 0.146 e. The number of ether oxygens (including phenoxy) is 2. The van der Waals surface area contributed by atoms with Gasteiger partial charge in [0, 0.05) is 64.9 Å². The number of para-hydroxylation sites is 2. The Bertz CT molecular complexity index is 1930. The molecule has 6 heterocycles. The van der Waals surface area contributed by atoms with Crippen molar-refractivity contribution in [3.63, 3.8) is 0 Å². The summed E-state index contributed by atoms with van der Waals surface area (Å²) in [6, 6.07) is 54.4. The van der Waals surface area contributed by atoms with Crippen molar-refractivity contribution < 1.29 is 9.47 Å². The molecule has 0 atom stereocenters. The van der Waals surface area contributed by atoms with Crippen LogP contribution in [0, 0.1) is 0 Å². The highest BCUT2D eigenvalue weighted by atomic mass is 32.2. The predicted octanol–water partition coefficient (Wildman–Crippen LogP) is 39.6. The van der Waals surface area contributed by atoms with Crippen molar-refractivity contribution in [1.82, 2.24) is 41.0 Å². The van der Waals surface area contributed by atoms with E-state index < -0.39 is 0 Å². The van der Waals surface area contributed by atoms with Gasteiger partial charge in [-0.15, -0.1) is 0 Å². The van der Waals surface area contributed by atoms with Gasteiger partial charge in [-0.05, 0) is 35.0 Å². The molecule has 0 spiro atoms. The van der Waals surface area contributed by atoms with Crippen molar-refractivity contribution in [2.45, 2.75) is 406 Å². The highest BCUT2D eigenvalue weighted by molar-refractivity contribution is 8.19. The van der Waals surface area contributed by atoms with E-state index in [0.717, 1.165) is 65.7 Å². The minimum Gasteiger partial charge on any atom is -0.353 e. The standard InChI is InChI=1S/C10H8.3C8H6N2.C6H6.C5H10.C3H8N2.C3H6O2.C3H6S2.27C2H6/c1-2-6-10-8-4-3-7-9(10)5-1;1-2-4-8-6-10-9-5-7(8)3-1;1-2-4-8-7(3-1)9-5-6-10-8;1-2-4-8-7(3-1)5-6-9-10-8;1-2-4-6-5-3-1;1-2-4-5-3-1;3*1-2-5-3-4-1;27*1-2/h1-8H;3*1-6H;1-6H;1-5H2;4-5H,1-3H2;2*1-3H2;27*1-2H3. The molecule has 3 aliphatic heterocycles. The lowest BCUT2D eigenvalue weighted by atomic mass is 10.1. The van der Waals surface area contributed by atoms with Crippen molar-refractivity contribution in [3.05, 3.63) is 195 Å². The molecule has 3 saturated heterocycles. The van der Waals surface area contributed by atoms with Crippen molar-refractivity contribution in [1.29, 1.82) is 0 Å². The predicted molar refractivity (Wildman–Crippen MR) is 586 cm³/mol. The van der Waals surface area contributed by atoms with Gasteiger partial charge in [0.25, 0.3) is 0 Å². The van der Waals surface area contributed by atoms with Crippen LogP contribution < -0.4 is 10.6 Å². The normalized spacial score (nSPS) is 9.08. The Morgan fingerprint density at radius 2 is 0.458 bits per heavy atom. The van der Waals surface area contributed by atoms with E-state index in [0.29, 0.717) is 6.79 Å². The van der Waals surface area contributed by atoms with Crippen LogP contribution in [0.25, 0.3) is 43.5 Å².